The fraction of sp³-hybridized carbons (Fsp3) is 0.200. The Morgan fingerprint density at radius 3 is 2.77 bits per heavy atom. The van der Waals surface area contributed by atoms with Gasteiger partial charge in [0.25, 0.3) is 0 Å². The maximum atomic E-state index is 13.5. The first-order valence-electron chi connectivity index (χ1n) is 6.69. The van der Waals surface area contributed by atoms with Crippen molar-refractivity contribution in [2.75, 3.05) is 5.01 Å². The molecule has 0 spiro atoms. The molecule has 1 aromatic carbocycles. The lowest BCUT2D eigenvalue weighted by atomic mass is 10.1. The highest BCUT2D eigenvalue weighted by Crippen LogP contribution is 2.26. The number of rotatable bonds is 5. The molecular formula is C15H19FN6. The van der Waals surface area contributed by atoms with Gasteiger partial charge in [0.05, 0.1) is 11.4 Å². The molecule has 0 fully saturated rings. The zero-order chi connectivity index (χ0) is 16.3. The number of aryl methyl sites for hydroxylation is 1. The van der Waals surface area contributed by atoms with E-state index in [0.29, 0.717) is 29.2 Å². The lowest BCUT2D eigenvalue weighted by Gasteiger charge is -2.25. The first kappa shape index (κ1) is 15.7. The molecule has 0 radical (unpaired) electrons. The van der Waals surface area contributed by atoms with Gasteiger partial charge >= 0.3 is 0 Å². The van der Waals surface area contributed by atoms with Crippen molar-refractivity contribution in [3.05, 3.63) is 60.2 Å². The van der Waals surface area contributed by atoms with Crippen LogP contribution in [0.4, 0.5) is 10.1 Å². The van der Waals surface area contributed by atoms with Crippen LogP contribution in [0.2, 0.25) is 0 Å². The molecule has 0 saturated carbocycles. The van der Waals surface area contributed by atoms with Gasteiger partial charge in [-0.3, -0.25) is 5.01 Å². The SMILES string of the molecule is C=C(C/C(=C(\C)N)N(N)c1cc(F)ccc1C)n1cncn1. The second-order valence-corrected chi connectivity index (χ2v) is 5.01. The maximum Gasteiger partial charge on any atom is 0.138 e. The van der Waals surface area contributed by atoms with Crippen molar-refractivity contribution in [2.45, 2.75) is 20.3 Å². The molecule has 2 rings (SSSR count). The quantitative estimate of drug-likeness (QED) is 0.653. The standard InChI is InChI=1S/C15H19FN6/c1-10-4-5-13(16)7-14(10)22(18)15(12(3)17)6-11(2)21-9-19-8-20-21/h4-5,7-9H,2,6,17-18H2,1,3H3/b15-12-. The number of anilines is 1. The van der Waals surface area contributed by atoms with Gasteiger partial charge in [-0.1, -0.05) is 12.6 Å². The topological polar surface area (TPSA) is 86.0 Å². The van der Waals surface area contributed by atoms with Gasteiger partial charge < -0.3 is 5.73 Å². The zero-order valence-electron chi connectivity index (χ0n) is 12.6. The summed E-state index contributed by atoms with van der Waals surface area (Å²) in [5.41, 5.74) is 9.13. The Morgan fingerprint density at radius 1 is 1.45 bits per heavy atom. The third kappa shape index (κ3) is 3.32. The molecule has 116 valence electrons. The third-order valence-corrected chi connectivity index (χ3v) is 3.29. The maximum absolute atomic E-state index is 13.5. The van der Waals surface area contributed by atoms with E-state index in [1.807, 2.05) is 6.92 Å². The van der Waals surface area contributed by atoms with Crippen LogP contribution in [-0.2, 0) is 0 Å². The summed E-state index contributed by atoms with van der Waals surface area (Å²) in [7, 11) is 0. The Morgan fingerprint density at radius 2 is 2.18 bits per heavy atom. The minimum absolute atomic E-state index is 0.359. The van der Waals surface area contributed by atoms with E-state index in [2.05, 4.69) is 16.7 Å². The van der Waals surface area contributed by atoms with Crippen LogP contribution in [0.15, 0.2) is 48.8 Å². The van der Waals surface area contributed by atoms with E-state index in [1.54, 1.807) is 19.3 Å². The van der Waals surface area contributed by atoms with Crippen LogP contribution in [0, 0.1) is 12.7 Å². The van der Waals surface area contributed by atoms with Gasteiger partial charge in [0.15, 0.2) is 0 Å². The Balaban J connectivity index is 2.31. The summed E-state index contributed by atoms with van der Waals surface area (Å²) in [6.07, 6.45) is 3.32. The molecule has 2 aromatic rings. The fourth-order valence-electron chi connectivity index (χ4n) is 2.05. The van der Waals surface area contributed by atoms with Gasteiger partial charge in [-0.15, -0.1) is 0 Å². The van der Waals surface area contributed by atoms with E-state index in [9.17, 15) is 4.39 Å². The number of nitrogens with zero attached hydrogens (tertiary/aromatic N) is 4. The summed E-state index contributed by atoms with van der Waals surface area (Å²) in [5.74, 6) is 5.79. The van der Waals surface area contributed by atoms with Crippen molar-refractivity contribution in [3.63, 3.8) is 0 Å². The Kier molecular flexibility index (Phi) is 4.57. The second kappa shape index (κ2) is 6.40. The van der Waals surface area contributed by atoms with E-state index in [1.165, 1.54) is 28.2 Å². The van der Waals surface area contributed by atoms with E-state index in [0.717, 1.165) is 5.56 Å². The van der Waals surface area contributed by atoms with Crippen LogP contribution in [0.25, 0.3) is 5.70 Å². The summed E-state index contributed by atoms with van der Waals surface area (Å²) in [6.45, 7) is 7.54. The number of hydrazine groups is 1. The molecule has 6 nitrogen and oxygen atoms in total. The van der Waals surface area contributed by atoms with Crippen molar-refractivity contribution >= 4 is 11.4 Å². The van der Waals surface area contributed by atoms with E-state index >= 15 is 0 Å². The summed E-state index contributed by atoms with van der Waals surface area (Å²) in [5, 5.41) is 5.40. The molecule has 0 saturated heterocycles. The van der Waals surface area contributed by atoms with Crippen molar-refractivity contribution in [2.24, 2.45) is 11.6 Å². The largest absolute Gasteiger partial charge is 0.401 e. The van der Waals surface area contributed by atoms with E-state index in [-0.39, 0.29) is 5.82 Å². The van der Waals surface area contributed by atoms with Crippen LogP contribution >= 0.6 is 0 Å². The van der Waals surface area contributed by atoms with Gasteiger partial charge in [-0.25, -0.2) is 19.9 Å². The molecule has 0 unspecified atom stereocenters. The molecular weight excluding hydrogens is 283 g/mol. The first-order valence-corrected chi connectivity index (χ1v) is 6.69. The van der Waals surface area contributed by atoms with E-state index < -0.39 is 0 Å². The van der Waals surface area contributed by atoms with Crippen molar-refractivity contribution in [1.29, 1.82) is 0 Å². The molecule has 0 aliphatic carbocycles. The predicted octanol–water partition coefficient (Wildman–Crippen LogP) is 2.16. The average molecular weight is 302 g/mol. The second-order valence-electron chi connectivity index (χ2n) is 5.01. The highest BCUT2D eigenvalue weighted by atomic mass is 19.1. The molecule has 22 heavy (non-hydrogen) atoms. The van der Waals surface area contributed by atoms with Crippen LogP contribution in [-0.4, -0.2) is 14.8 Å². The lowest BCUT2D eigenvalue weighted by molar-refractivity contribution is 0.626. The molecule has 1 aromatic heterocycles. The summed E-state index contributed by atoms with van der Waals surface area (Å²) < 4.78 is 15.0. The minimum Gasteiger partial charge on any atom is -0.401 e. The third-order valence-electron chi connectivity index (χ3n) is 3.29. The van der Waals surface area contributed by atoms with Crippen LogP contribution in [0.5, 0.6) is 0 Å². The van der Waals surface area contributed by atoms with Gasteiger partial charge in [0.1, 0.15) is 18.5 Å². The lowest BCUT2D eigenvalue weighted by Crippen LogP contribution is -2.33. The summed E-state index contributed by atoms with van der Waals surface area (Å²) in [4.78, 5) is 3.87. The van der Waals surface area contributed by atoms with Gasteiger partial charge in [0, 0.05) is 17.8 Å². The molecule has 7 heteroatoms. The molecule has 1 heterocycles. The number of hydrogen-bond donors (Lipinski definition) is 2. The summed E-state index contributed by atoms with van der Waals surface area (Å²) >= 11 is 0. The first-order chi connectivity index (χ1) is 10.4. The highest BCUT2D eigenvalue weighted by Gasteiger charge is 2.15. The van der Waals surface area contributed by atoms with Gasteiger partial charge in [-0.05, 0) is 31.5 Å². The molecule has 4 N–H and O–H groups in total. The number of benzene rings is 1. The molecule has 0 aliphatic rings. The number of nitrogens with two attached hydrogens (primary N) is 2. The monoisotopic (exact) mass is 302 g/mol. The molecule has 0 bridgehead atoms. The Labute approximate surface area is 128 Å². The fourth-order valence-corrected chi connectivity index (χ4v) is 2.05. The van der Waals surface area contributed by atoms with Crippen LogP contribution in [0.3, 0.4) is 0 Å². The van der Waals surface area contributed by atoms with Crippen molar-refractivity contribution in [1.82, 2.24) is 14.8 Å². The number of allylic oxidation sites excluding steroid dienone is 2. The van der Waals surface area contributed by atoms with Gasteiger partial charge in [-0.2, -0.15) is 5.10 Å². The Hall–Kier alpha value is -2.67. The van der Waals surface area contributed by atoms with Crippen molar-refractivity contribution < 1.29 is 4.39 Å². The highest BCUT2D eigenvalue weighted by molar-refractivity contribution is 5.59. The van der Waals surface area contributed by atoms with Crippen LogP contribution in [0.1, 0.15) is 18.9 Å². The number of aromatic nitrogens is 3. The average Bonchev–Trinajstić information content (AvgIpc) is 3.00. The van der Waals surface area contributed by atoms with Crippen molar-refractivity contribution in [3.8, 4) is 0 Å². The summed E-state index contributed by atoms with van der Waals surface area (Å²) in [6, 6.07) is 4.43. The smallest absolute Gasteiger partial charge is 0.138 e. The Bertz CT molecular complexity index is 701. The van der Waals surface area contributed by atoms with Crippen LogP contribution < -0.4 is 16.6 Å². The zero-order valence-corrected chi connectivity index (χ0v) is 12.6. The number of halogens is 1. The minimum atomic E-state index is -0.361. The molecule has 0 aliphatic heterocycles. The van der Waals surface area contributed by atoms with E-state index in [4.69, 9.17) is 11.6 Å². The molecule has 0 amide bonds. The molecule has 0 atom stereocenters. The number of hydrogen-bond acceptors (Lipinski definition) is 5. The predicted molar refractivity (Wildman–Crippen MR) is 84.7 cm³/mol. The normalized spacial score (nSPS) is 12.0. The van der Waals surface area contributed by atoms with Gasteiger partial charge in [0.2, 0.25) is 0 Å².